The molecule has 2 aromatic rings. The van der Waals surface area contributed by atoms with Crippen LogP contribution < -0.4 is 5.73 Å². The van der Waals surface area contributed by atoms with Crippen molar-refractivity contribution >= 4 is 22.7 Å². The van der Waals surface area contributed by atoms with Crippen LogP contribution >= 0.6 is 22.7 Å². The highest BCUT2D eigenvalue weighted by atomic mass is 32.1. The third-order valence-corrected chi connectivity index (χ3v) is 3.70. The third kappa shape index (κ3) is 2.42. The molecule has 2 rings (SSSR count). The van der Waals surface area contributed by atoms with Crippen molar-refractivity contribution in [2.75, 3.05) is 0 Å². The Labute approximate surface area is 97.0 Å². The zero-order valence-electron chi connectivity index (χ0n) is 8.51. The maximum Gasteiger partial charge on any atom is 0.110 e. The van der Waals surface area contributed by atoms with Gasteiger partial charge in [-0.1, -0.05) is 13.3 Å². The van der Waals surface area contributed by atoms with Gasteiger partial charge in [0.2, 0.25) is 0 Å². The van der Waals surface area contributed by atoms with Crippen LogP contribution in [0.5, 0.6) is 0 Å². The van der Waals surface area contributed by atoms with Gasteiger partial charge >= 0.3 is 0 Å². The van der Waals surface area contributed by atoms with E-state index < -0.39 is 0 Å². The molecular weight excluding hydrogens is 226 g/mol. The van der Waals surface area contributed by atoms with E-state index in [0.717, 1.165) is 29.2 Å². The summed E-state index contributed by atoms with van der Waals surface area (Å²) in [6.45, 7) is 2.13. The average Bonchev–Trinajstić information content (AvgIpc) is 2.89. The predicted molar refractivity (Wildman–Crippen MR) is 65.1 cm³/mol. The number of aromatic nitrogens is 2. The van der Waals surface area contributed by atoms with Gasteiger partial charge in [0, 0.05) is 10.8 Å². The van der Waals surface area contributed by atoms with Crippen LogP contribution in [0.25, 0.3) is 11.4 Å². The number of rotatable bonds is 4. The molecule has 0 aliphatic heterocycles. The Morgan fingerprint density at radius 1 is 1.40 bits per heavy atom. The number of hydrogen-bond acceptors (Lipinski definition) is 5. The topological polar surface area (TPSA) is 51.8 Å². The Hall–Kier alpha value is -0.780. The summed E-state index contributed by atoms with van der Waals surface area (Å²) in [5.74, 6) is 0. The van der Waals surface area contributed by atoms with E-state index in [9.17, 15) is 0 Å². The molecule has 0 aliphatic carbocycles. The van der Waals surface area contributed by atoms with E-state index in [1.807, 2.05) is 16.3 Å². The largest absolute Gasteiger partial charge is 0.322 e. The van der Waals surface area contributed by atoms with Crippen molar-refractivity contribution in [3.05, 3.63) is 21.3 Å². The molecule has 1 atom stereocenters. The van der Waals surface area contributed by atoms with E-state index in [0.29, 0.717) is 0 Å². The van der Waals surface area contributed by atoms with Gasteiger partial charge in [-0.25, -0.2) is 9.97 Å². The van der Waals surface area contributed by atoms with Gasteiger partial charge in [-0.2, -0.15) is 0 Å². The van der Waals surface area contributed by atoms with E-state index in [2.05, 4.69) is 16.9 Å². The molecule has 0 saturated heterocycles. The van der Waals surface area contributed by atoms with Crippen LogP contribution in [-0.4, -0.2) is 9.97 Å². The molecule has 0 fully saturated rings. The van der Waals surface area contributed by atoms with Crippen LogP contribution in [0.1, 0.15) is 30.8 Å². The molecule has 80 valence electrons. The van der Waals surface area contributed by atoms with Gasteiger partial charge in [0.05, 0.1) is 11.6 Å². The molecule has 5 heteroatoms. The molecule has 1 unspecified atom stereocenters. The quantitative estimate of drug-likeness (QED) is 0.892. The minimum atomic E-state index is 0.0763. The second kappa shape index (κ2) is 4.83. The fourth-order valence-corrected chi connectivity index (χ4v) is 2.74. The zero-order chi connectivity index (χ0) is 10.7. The van der Waals surface area contributed by atoms with Gasteiger partial charge in [-0.15, -0.1) is 22.7 Å². The van der Waals surface area contributed by atoms with Crippen LogP contribution in [0.15, 0.2) is 16.3 Å². The van der Waals surface area contributed by atoms with Crippen molar-refractivity contribution in [1.29, 1.82) is 0 Å². The van der Waals surface area contributed by atoms with Gasteiger partial charge in [0.25, 0.3) is 0 Å². The second-order valence-corrected chi connectivity index (χ2v) is 4.95. The Morgan fingerprint density at radius 2 is 2.27 bits per heavy atom. The summed E-state index contributed by atoms with van der Waals surface area (Å²) < 4.78 is 0. The van der Waals surface area contributed by atoms with Crippen LogP contribution in [-0.2, 0) is 0 Å². The summed E-state index contributed by atoms with van der Waals surface area (Å²) in [4.78, 5) is 8.74. The van der Waals surface area contributed by atoms with Crippen molar-refractivity contribution in [3.8, 4) is 11.4 Å². The highest BCUT2D eigenvalue weighted by molar-refractivity contribution is 7.10. The van der Waals surface area contributed by atoms with Crippen molar-refractivity contribution in [3.63, 3.8) is 0 Å². The molecule has 0 bridgehead atoms. The standard InChI is InChI=1S/C10H13N3S2/c1-2-3-7(11)10-13-9(5-15-10)8-4-14-6-12-8/h4-7H,2-3,11H2,1H3. The molecule has 2 heterocycles. The molecule has 3 nitrogen and oxygen atoms in total. The molecule has 2 aromatic heterocycles. The fraction of sp³-hybridized carbons (Fsp3) is 0.400. The van der Waals surface area contributed by atoms with Crippen molar-refractivity contribution < 1.29 is 0 Å². The first-order chi connectivity index (χ1) is 7.31. The average molecular weight is 239 g/mol. The lowest BCUT2D eigenvalue weighted by atomic mass is 10.2. The first kappa shape index (κ1) is 10.7. The molecule has 0 amide bonds. The van der Waals surface area contributed by atoms with Crippen LogP contribution in [0.4, 0.5) is 0 Å². The summed E-state index contributed by atoms with van der Waals surface area (Å²) in [5, 5.41) is 5.05. The highest BCUT2D eigenvalue weighted by Gasteiger charge is 2.11. The Bertz CT molecular complexity index is 408. The Kier molecular flexibility index (Phi) is 3.45. The molecule has 0 radical (unpaired) electrons. The molecular formula is C10H13N3S2. The molecule has 0 saturated carbocycles. The van der Waals surface area contributed by atoms with E-state index in [1.54, 1.807) is 22.7 Å². The second-order valence-electron chi connectivity index (χ2n) is 3.34. The maximum absolute atomic E-state index is 6.00. The molecule has 0 aromatic carbocycles. The maximum atomic E-state index is 6.00. The van der Waals surface area contributed by atoms with Gasteiger partial charge in [0.1, 0.15) is 16.4 Å². The molecule has 0 aliphatic rings. The van der Waals surface area contributed by atoms with Crippen LogP contribution in [0.2, 0.25) is 0 Å². The van der Waals surface area contributed by atoms with Crippen LogP contribution in [0, 0.1) is 0 Å². The third-order valence-electron chi connectivity index (χ3n) is 2.13. The lowest BCUT2D eigenvalue weighted by molar-refractivity contribution is 0.635. The van der Waals surface area contributed by atoms with Gasteiger partial charge in [-0.05, 0) is 6.42 Å². The summed E-state index contributed by atoms with van der Waals surface area (Å²) in [6.07, 6.45) is 2.08. The molecule has 2 N–H and O–H groups in total. The first-order valence-corrected chi connectivity index (χ1v) is 6.73. The Balaban J connectivity index is 2.17. The minimum Gasteiger partial charge on any atom is -0.322 e. The first-order valence-electron chi connectivity index (χ1n) is 4.90. The molecule has 0 spiro atoms. The van der Waals surface area contributed by atoms with Gasteiger partial charge in [-0.3, -0.25) is 0 Å². The summed E-state index contributed by atoms with van der Waals surface area (Å²) in [6, 6.07) is 0.0763. The van der Waals surface area contributed by atoms with Crippen molar-refractivity contribution in [1.82, 2.24) is 9.97 Å². The predicted octanol–water partition coefficient (Wildman–Crippen LogP) is 3.07. The number of nitrogens with zero attached hydrogens (tertiary/aromatic N) is 2. The SMILES string of the molecule is CCCC(N)c1nc(-c2cscn2)cs1. The highest BCUT2D eigenvalue weighted by Crippen LogP contribution is 2.25. The normalized spacial score (nSPS) is 12.9. The summed E-state index contributed by atoms with van der Waals surface area (Å²) >= 11 is 3.21. The minimum absolute atomic E-state index is 0.0763. The lowest BCUT2D eigenvalue weighted by Crippen LogP contribution is -2.09. The van der Waals surface area contributed by atoms with Crippen LogP contribution in [0.3, 0.4) is 0 Å². The van der Waals surface area contributed by atoms with E-state index in [4.69, 9.17) is 5.73 Å². The number of nitrogens with two attached hydrogens (primary N) is 1. The summed E-state index contributed by atoms with van der Waals surface area (Å²) in [5.41, 5.74) is 9.72. The van der Waals surface area contributed by atoms with E-state index >= 15 is 0 Å². The van der Waals surface area contributed by atoms with E-state index in [1.165, 1.54) is 0 Å². The Morgan fingerprint density at radius 3 is 2.93 bits per heavy atom. The fourth-order valence-electron chi connectivity index (χ4n) is 1.35. The van der Waals surface area contributed by atoms with E-state index in [-0.39, 0.29) is 6.04 Å². The monoisotopic (exact) mass is 239 g/mol. The number of hydrogen-bond donors (Lipinski definition) is 1. The van der Waals surface area contributed by atoms with Gasteiger partial charge < -0.3 is 5.73 Å². The number of thiazole rings is 2. The smallest absolute Gasteiger partial charge is 0.110 e. The summed E-state index contributed by atoms with van der Waals surface area (Å²) in [7, 11) is 0. The van der Waals surface area contributed by atoms with Crippen molar-refractivity contribution in [2.45, 2.75) is 25.8 Å². The van der Waals surface area contributed by atoms with Gasteiger partial charge in [0.15, 0.2) is 0 Å². The van der Waals surface area contributed by atoms with Crippen molar-refractivity contribution in [2.24, 2.45) is 5.73 Å². The zero-order valence-corrected chi connectivity index (χ0v) is 10.1. The lowest BCUT2D eigenvalue weighted by Gasteiger charge is -2.04. The molecule has 15 heavy (non-hydrogen) atoms.